The lowest BCUT2D eigenvalue weighted by Crippen LogP contribution is -2.02. The second-order valence-corrected chi connectivity index (χ2v) is 4.90. The van der Waals surface area contributed by atoms with Crippen LogP contribution >= 0.6 is 0 Å². The lowest BCUT2D eigenvalue weighted by Gasteiger charge is -2.08. The zero-order valence-electron chi connectivity index (χ0n) is 11.4. The third-order valence-corrected chi connectivity index (χ3v) is 3.46. The summed E-state index contributed by atoms with van der Waals surface area (Å²) in [5.74, 6) is 2.56. The standard InChI is InChI=1S/C15H18N4/c1-3-4-5-10-13-17-14-15(18-13)19(2)12-9-7-6-8-11(12)16-14/h6-9H,3-5,10H2,1-2H3. The van der Waals surface area contributed by atoms with Crippen molar-refractivity contribution in [3.63, 3.8) is 0 Å². The van der Waals surface area contributed by atoms with E-state index < -0.39 is 0 Å². The number of benzene rings is 1. The van der Waals surface area contributed by atoms with Gasteiger partial charge in [0.25, 0.3) is 0 Å². The molecule has 0 N–H and O–H groups in total. The van der Waals surface area contributed by atoms with Crippen molar-refractivity contribution in [2.45, 2.75) is 32.6 Å². The van der Waals surface area contributed by atoms with E-state index in [0.717, 1.165) is 41.3 Å². The molecule has 0 saturated heterocycles. The van der Waals surface area contributed by atoms with Gasteiger partial charge in [-0.1, -0.05) is 31.9 Å². The van der Waals surface area contributed by atoms with Crippen LogP contribution in [0.2, 0.25) is 0 Å². The highest BCUT2D eigenvalue weighted by molar-refractivity contribution is 5.78. The summed E-state index contributed by atoms with van der Waals surface area (Å²) in [4.78, 5) is 13.8. The highest BCUT2D eigenvalue weighted by atomic mass is 15.1. The van der Waals surface area contributed by atoms with Crippen molar-refractivity contribution in [3.05, 3.63) is 30.1 Å². The molecule has 1 aromatic rings. The van der Waals surface area contributed by atoms with E-state index in [4.69, 9.17) is 0 Å². The topological polar surface area (TPSA) is 43.6 Å². The van der Waals surface area contributed by atoms with Gasteiger partial charge in [0.15, 0.2) is 11.6 Å². The molecule has 0 unspecified atom stereocenters. The van der Waals surface area contributed by atoms with E-state index in [0.29, 0.717) is 0 Å². The van der Waals surface area contributed by atoms with Crippen LogP contribution < -0.4 is 0 Å². The molecule has 0 amide bonds. The fourth-order valence-corrected chi connectivity index (χ4v) is 2.38. The minimum Gasteiger partial charge on any atom is -0.324 e. The van der Waals surface area contributed by atoms with Crippen molar-refractivity contribution in [3.8, 4) is 11.6 Å². The summed E-state index contributed by atoms with van der Waals surface area (Å²) in [6, 6.07) is 8.10. The van der Waals surface area contributed by atoms with Gasteiger partial charge in [0.05, 0.1) is 11.0 Å². The predicted molar refractivity (Wildman–Crippen MR) is 76.2 cm³/mol. The van der Waals surface area contributed by atoms with Crippen LogP contribution in [-0.2, 0) is 13.5 Å². The molecular formula is C15H18N4. The fourth-order valence-electron chi connectivity index (χ4n) is 2.38. The van der Waals surface area contributed by atoms with Gasteiger partial charge in [-0.05, 0) is 18.6 Å². The molecule has 19 heavy (non-hydrogen) atoms. The summed E-state index contributed by atoms with van der Waals surface area (Å²) >= 11 is 0. The van der Waals surface area contributed by atoms with E-state index in [2.05, 4.69) is 32.5 Å². The van der Waals surface area contributed by atoms with Crippen LogP contribution in [-0.4, -0.2) is 19.5 Å². The predicted octanol–water partition coefficient (Wildman–Crippen LogP) is 3.20. The largest absolute Gasteiger partial charge is 0.324 e. The minimum atomic E-state index is 0.757. The Morgan fingerprint density at radius 3 is 2.74 bits per heavy atom. The molecule has 0 aromatic heterocycles. The summed E-state index contributed by atoms with van der Waals surface area (Å²) in [5.41, 5.74) is 2.06. The van der Waals surface area contributed by atoms with Crippen molar-refractivity contribution in [1.82, 2.24) is 19.5 Å². The molecule has 0 aliphatic carbocycles. The number of hydrogen-bond acceptors (Lipinski definition) is 3. The van der Waals surface area contributed by atoms with Gasteiger partial charge in [-0.25, -0.2) is 15.0 Å². The van der Waals surface area contributed by atoms with Gasteiger partial charge in [0, 0.05) is 13.5 Å². The van der Waals surface area contributed by atoms with Crippen LogP contribution in [0.5, 0.6) is 0 Å². The molecule has 2 aliphatic rings. The van der Waals surface area contributed by atoms with E-state index in [-0.39, 0.29) is 0 Å². The van der Waals surface area contributed by atoms with Crippen molar-refractivity contribution < 1.29 is 0 Å². The van der Waals surface area contributed by atoms with Crippen molar-refractivity contribution in [2.75, 3.05) is 0 Å². The Hall–Kier alpha value is -1.97. The Bertz CT molecular complexity index is 671. The number of aryl methyl sites for hydroxylation is 2. The molecule has 0 saturated carbocycles. The van der Waals surface area contributed by atoms with Crippen LogP contribution in [0, 0.1) is 0 Å². The Morgan fingerprint density at radius 2 is 1.89 bits per heavy atom. The molecule has 98 valence electrons. The van der Waals surface area contributed by atoms with Gasteiger partial charge in [0.2, 0.25) is 0 Å². The first-order valence-corrected chi connectivity index (χ1v) is 6.87. The first kappa shape index (κ1) is 12.1. The first-order chi connectivity index (χ1) is 9.29. The van der Waals surface area contributed by atoms with Crippen LogP contribution in [0.1, 0.15) is 32.0 Å². The monoisotopic (exact) mass is 254 g/mol. The lowest BCUT2D eigenvalue weighted by molar-refractivity contribution is 0.699. The molecule has 0 radical (unpaired) electrons. The Balaban J connectivity index is 2.05. The van der Waals surface area contributed by atoms with E-state index in [1.54, 1.807) is 0 Å². The fraction of sp³-hybridized carbons (Fsp3) is 0.400. The molecule has 2 heterocycles. The van der Waals surface area contributed by atoms with E-state index in [1.165, 1.54) is 12.8 Å². The highest BCUT2D eigenvalue weighted by Gasteiger charge is 2.16. The third kappa shape index (κ3) is 2.18. The number of rotatable bonds is 4. The number of imidazole rings is 1. The van der Waals surface area contributed by atoms with E-state index in [1.807, 2.05) is 25.2 Å². The second-order valence-electron chi connectivity index (χ2n) is 4.90. The summed E-state index contributed by atoms with van der Waals surface area (Å²) in [7, 11) is 2.02. The molecule has 0 fully saturated rings. The van der Waals surface area contributed by atoms with Crippen molar-refractivity contribution >= 4 is 11.0 Å². The zero-order valence-corrected chi connectivity index (χ0v) is 11.4. The maximum absolute atomic E-state index is 4.62. The molecule has 0 atom stereocenters. The average molecular weight is 254 g/mol. The van der Waals surface area contributed by atoms with Gasteiger partial charge in [-0.2, -0.15) is 0 Å². The number of fused-ring (bicyclic) bond motifs is 2. The average Bonchev–Trinajstić information content (AvgIpc) is 2.83. The third-order valence-electron chi connectivity index (χ3n) is 3.46. The van der Waals surface area contributed by atoms with Crippen molar-refractivity contribution in [1.29, 1.82) is 0 Å². The SMILES string of the molecule is CCCCCc1nc2nc3ccccc3n(C)c-2n1. The van der Waals surface area contributed by atoms with Gasteiger partial charge in [-0.3, -0.25) is 0 Å². The summed E-state index contributed by atoms with van der Waals surface area (Å²) in [5, 5.41) is 0. The first-order valence-electron chi connectivity index (χ1n) is 6.87. The summed E-state index contributed by atoms with van der Waals surface area (Å²) in [6.07, 6.45) is 4.54. The smallest absolute Gasteiger partial charge is 0.198 e. The molecule has 1 aromatic carbocycles. The minimum absolute atomic E-state index is 0.757. The summed E-state index contributed by atoms with van der Waals surface area (Å²) < 4.78 is 2.08. The number of nitrogens with zero attached hydrogens (tertiary/aromatic N) is 4. The molecule has 4 nitrogen and oxygen atoms in total. The number of unbranched alkanes of at least 4 members (excludes halogenated alkanes) is 2. The Labute approximate surface area is 112 Å². The molecule has 0 bridgehead atoms. The van der Waals surface area contributed by atoms with Gasteiger partial charge in [0.1, 0.15) is 5.82 Å². The number of para-hydroxylation sites is 2. The lowest BCUT2D eigenvalue weighted by atomic mass is 10.2. The van der Waals surface area contributed by atoms with Gasteiger partial charge in [-0.15, -0.1) is 0 Å². The van der Waals surface area contributed by atoms with E-state index >= 15 is 0 Å². The zero-order chi connectivity index (χ0) is 13.2. The molecule has 0 spiro atoms. The van der Waals surface area contributed by atoms with Crippen molar-refractivity contribution in [2.24, 2.45) is 7.05 Å². The number of hydrogen-bond donors (Lipinski definition) is 0. The maximum Gasteiger partial charge on any atom is 0.198 e. The van der Waals surface area contributed by atoms with Crippen LogP contribution in [0.4, 0.5) is 0 Å². The summed E-state index contributed by atoms with van der Waals surface area (Å²) in [6.45, 7) is 2.20. The number of aromatic nitrogens is 4. The highest BCUT2D eigenvalue weighted by Crippen LogP contribution is 2.22. The molecule has 3 rings (SSSR count). The van der Waals surface area contributed by atoms with Gasteiger partial charge < -0.3 is 4.57 Å². The van der Waals surface area contributed by atoms with E-state index in [9.17, 15) is 0 Å². The van der Waals surface area contributed by atoms with Crippen LogP contribution in [0.3, 0.4) is 0 Å². The van der Waals surface area contributed by atoms with Crippen LogP contribution in [0.25, 0.3) is 22.7 Å². The van der Waals surface area contributed by atoms with Gasteiger partial charge >= 0.3 is 0 Å². The normalized spacial score (nSPS) is 11.5. The molecule has 4 heteroatoms. The molecular weight excluding hydrogens is 236 g/mol. The second kappa shape index (κ2) is 4.96. The van der Waals surface area contributed by atoms with Crippen LogP contribution in [0.15, 0.2) is 24.3 Å². The maximum atomic E-state index is 4.62. The quantitative estimate of drug-likeness (QED) is 0.671. The Kier molecular flexibility index (Phi) is 3.15. The Morgan fingerprint density at radius 1 is 1.05 bits per heavy atom. The molecule has 2 aliphatic heterocycles.